The molecule has 0 radical (unpaired) electrons. The van der Waals surface area contributed by atoms with Crippen molar-refractivity contribution in [2.45, 2.75) is 91.1 Å². The van der Waals surface area contributed by atoms with Crippen LogP contribution >= 0.6 is 0 Å². The summed E-state index contributed by atoms with van der Waals surface area (Å²) in [5.74, 6) is -0.0570. The summed E-state index contributed by atoms with van der Waals surface area (Å²) in [4.78, 5) is 27.2. The molecule has 2 aliphatic heterocycles. The minimum atomic E-state index is -0.555. The Morgan fingerprint density at radius 3 is 2.38 bits per heavy atom. The number of nitrogens with one attached hydrogen (secondary N) is 1. The molecule has 7 nitrogen and oxygen atoms in total. The van der Waals surface area contributed by atoms with Crippen LogP contribution in [0.1, 0.15) is 77.2 Å². The van der Waals surface area contributed by atoms with Crippen LogP contribution in [0, 0.1) is 6.92 Å². The average molecular weight is 444 g/mol. The van der Waals surface area contributed by atoms with Crippen LogP contribution in [-0.4, -0.2) is 60.0 Å². The molecule has 1 atom stereocenters. The first kappa shape index (κ1) is 24.6. The van der Waals surface area contributed by atoms with Crippen LogP contribution in [0.25, 0.3) is 0 Å². The second-order valence-corrected chi connectivity index (χ2v) is 10.9. The lowest BCUT2D eigenvalue weighted by Gasteiger charge is -2.33. The second kappa shape index (κ2) is 8.71. The molecule has 1 N–H and O–H groups in total. The van der Waals surface area contributed by atoms with Gasteiger partial charge in [-0.3, -0.25) is 4.79 Å². The van der Waals surface area contributed by atoms with Crippen molar-refractivity contribution in [3.05, 3.63) is 29.3 Å². The van der Waals surface area contributed by atoms with E-state index in [9.17, 15) is 9.59 Å². The monoisotopic (exact) mass is 444 g/mol. The van der Waals surface area contributed by atoms with E-state index in [1.165, 1.54) is 0 Å². The lowest BCUT2D eigenvalue weighted by molar-refractivity contribution is 0.00578. The Kier molecular flexibility index (Phi) is 6.69. The van der Waals surface area contributed by atoms with Gasteiger partial charge in [0, 0.05) is 24.7 Å². The zero-order chi connectivity index (χ0) is 23.9. The molecule has 2 aliphatic rings. The third-order valence-electron chi connectivity index (χ3n) is 6.46. The van der Waals surface area contributed by atoms with Crippen LogP contribution in [0.15, 0.2) is 18.2 Å². The summed E-state index contributed by atoms with van der Waals surface area (Å²) in [5.41, 5.74) is 1.03. The highest BCUT2D eigenvalue weighted by molar-refractivity contribution is 6.62. The first-order valence-electron chi connectivity index (χ1n) is 11.4. The number of aryl methyl sites for hydroxylation is 1. The van der Waals surface area contributed by atoms with Gasteiger partial charge in [0.1, 0.15) is 5.60 Å². The van der Waals surface area contributed by atoms with Crippen molar-refractivity contribution < 1.29 is 23.6 Å². The molecule has 0 saturated carbocycles. The van der Waals surface area contributed by atoms with E-state index in [4.69, 9.17) is 14.0 Å². The third-order valence-corrected chi connectivity index (χ3v) is 6.46. The van der Waals surface area contributed by atoms with Crippen molar-refractivity contribution in [2.75, 3.05) is 13.1 Å². The predicted molar refractivity (Wildman–Crippen MR) is 125 cm³/mol. The first-order chi connectivity index (χ1) is 14.7. The van der Waals surface area contributed by atoms with Gasteiger partial charge in [0.25, 0.3) is 5.91 Å². The maximum Gasteiger partial charge on any atom is 0.495 e. The molecule has 1 aromatic carbocycles. The topological polar surface area (TPSA) is 77.1 Å². The molecule has 2 heterocycles. The van der Waals surface area contributed by atoms with E-state index in [1.807, 2.05) is 73.6 Å². The molecular weight excluding hydrogens is 407 g/mol. The number of carbonyl (C=O) groups excluding carboxylic acids is 2. The molecule has 0 unspecified atom stereocenters. The fourth-order valence-electron chi connectivity index (χ4n) is 3.93. The van der Waals surface area contributed by atoms with Gasteiger partial charge in [-0.15, -0.1) is 0 Å². The summed E-state index contributed by atoms with van der Waals surface area (Å²) in [6, 6.07) is 5.53. The van der Waals surface area contributed by atoms with Crippen molar-refractivity contribution in [2.24, 2.45) is 0 Å². The highest BCUT2D eigenvalue weighted by atomic mass is 16.7. The third kappa shape index (κ3) is 5.46. The molecule has 1 aromatic rings. The number of benzene rings is 1. The highest BCUT2D eigenvalue weighted by Gasteiger charge is 2.52. The predicted octanol–water partition coefficient (Wildman–Crippen LogP) is 3.42. The maximum absolute atomic E-state index is 13.3. The minimum Gasteiger partial charge on any atom is -0.444 e. The number of likely N-dealkylation sites (tertiary alicyclic amines) is 1. The maximum atomic E-state index is 13.3. The molecule has 0 aromatic heterocycles. The molecule has 2 amide bonds. The average Bonchev–Trinajstić information content (AvgIpc) is 2.87. The van der Waals surface area contributed by atoms with Crippen LogP contribution < -0.4 is 10.8 Å². The fourth-order valence-corrected chi connectivity index (χ4v) is 3.93. The minimum absolute atomic E-state index is 0.0570. The van der Waals surface area contributed by atoms with E-state index in [-0.39, 0.29) is 11.9 Å². The van der Waals surface area contributed by atoms with E-state index in [0.717, 1.165) is 23.9 Å². The Hall–Kier alpha value is -2.06. The largest absolute Gasteiger partial charge is 0.495 e. The van der Waals surface area contributed by atoms with Gasteiger partial charge in [-0.1, -0.05) is 11.6 Å². The number of hydrogen-bond acceptors (Lipinski definition) is 5. The molecule has 0 spiro atoms. The zero-order valence-corrected chi connectivity index (χ0v) is 20.7. The van der Waals surface area contributed by atoms with Crippen LogP contribution in [0.4, 0.5) is 4.79 Å². The Morgan fingerprint density at radius 2 is 1.78 bits per heavy atom. The Bertz CT molecular complexity index is 862. The number of carbonyl (C=O) groups is 2. The Balaban J connectivity index is 1.71. The van der Waals surface area contributed by atoms with Gasteiger partial charge in [-0.2, -0.15) is 0 Å². The number of amides is 2. The molecule has 3 rings (SSSR count). The lowest BCUT2D eigenvalue weighted by Crippen LogP contribution is -2.50. The smallest absolute Gasteiger partial charge is 0.444 e. The second-order valence-electron chi connectivity index (χ2n) is 10.9. The molecule has 8 heteroatoms. The van der Waals surface area contributed by atoms with Crippen molar-refractivity contribution in [1.29, 1.82) is 0 Å². The lowest BCUT2D eigenvalue weighted by atomic mass is 9.75. The fraction of sp³-hybridized carbons (Fsp3) is 0.667. The Labute approximate surface area is 192 Å². The SMILES string of the molecule is Cc1ccc(C(=O)N2CCC[C@H](NC(=O)OC(C)(C)C)C2)cc1B1OC(C)(C)C(C)(C)O1. The molecule has 176 valence electrons. The van der Waals surface area contributed by atoms with Crippen molar-refractivity contribution in [3.8, 4) is 0 Å². The van der Waals surface area contributed by atoms with Gasteiger partial charge < -0.3 is 24.3 Å². The molecule has 2 saturated heterocycles. The number of ether oxygens (including phenoxy) is 1. The summed E-state index contributed by atoms with van der Waals surface area (Å²) in [7, 11) is -0.518. The van der Waals surface area contributed by atoms with Crippen LogP contribution in [0.2, 0.25) is 0 Å². The molecule has 32 heavy (non-hydrogen) atoms. The number of rotatable bonds is 3. The summed E-state index contributed by atoms with van der Waals surface area (Å²) in [6.07, 6.45) is 1.19. The van der Waals surface area contributed by atoms with Gasteiger partial charge in [0.15, 0.2) is 0 Å². The van der Waals surface area contributed by atoms with Gasteiger partial charge in [-0.25, -0.2) is 4.79 Å². The standard InChI is InChI=1S/C24H37BN2O5/c1-16-11-12-17(14-19(16)25-31-23(5,6)24(7,8)32-25)20(28)27-13-9-10-18(15-27)26-21(29)30-22(2,3)4/h11-12,14,18H,9-10,13,15H2,1-8H3,(H,26,29)/t18-/m0/s1. The number of hydrogen-bond donors (Lipinski definition) is 1. The van der Waals surface area contributed by atoms with Crippen LogP contribution in [0.3, 0.4) is 0 Å². The summed E-state index contributed by atoms with van der Waals surface area (Å²) in [6.45, 7) is 16.7. The van der Waals surface area contributed by atoms with Crippen molar-refractivity contribution in [3.63, 3.8) is 0 Å². The normalized spacial score (nSPS) is 22.6. The van der Waals surface area contributed by atoms with E-state index in [2.05, 4.69) is 5.32 Å². The van der Waals surface area contributed by atoms with Crippen LogP contribution in [-0.2, 0) is 14.0 Å². The van der Waals surface area contributed by atoms with Crippen molar-refractivity contribution >= 4 is 24.6 Å². The van der Waals surface area contributed by atoms with Gasteiger partial charge >= 0.3 is 13.2 Å². The quantitative estimate of drug-likeness (QED) is 0.723. The highest BCUT2D eigenvalue weighted by Crippen LogP contribution is 2.36. The number of piperidine rings is 1. The molecular formula is C24H37BN2O5. The number of alkyl carbamates (subject to hydrolysis) is 1. The molecule has 0 aliphatic carbocycles. The van der Waals surface area contributed by atoms with E-state index in [1.54, 1.807) is 4.90 Å². The van der Waals surface area contributed by atoms with E-state index < -0.39 is 30.0 Å². The van der Waals surface area contributed by atoms with Gasteiger partial charge in [0.2, 0.25) is 0 Å². The summed E-state index contributed by atoms with van der Waals surface area (Å²) in [5, 5.41) is 2.90. The molecule has 0 bridgehead atoms. The first-order valence-corrected chi connectivity index (χ1v) is 11.4. The van der Waals surface area contributed by atoms with Gasteiger partial charge in [-0.05, 0) is 85.8 Å². The van der Waals surface area contributed by atoms with E-state index in [0.29, 0.717) is 18.7 Å². The van der Waals surface area contributed by atoms with E-state index >= 15 is 0 Å². The van der Waals surface area contributed by atoms with Crippen molar-refractivity contribution in [1.82, 2.24) is 10.2 Å². The summed E-state index contributed by atoms with van der Waals surface area (Å²) < 4.78 is 17.8. The van der Waals surface area contributed by atoms with Gasteiger partial charge in [0.05, 0.1) is 11.2 Å². The zero-order valence-electron chi connectivity index (χ0n) is 20.7. The Morgan fingerprint density at radius 1 is 1.16 bits per heavy atom. The molecule has 2 fully saturated rings. The van der Waals surface area contributed by atoms with Crippen LogP contribution in [0.5, 0.6) is 0 Å². The summed E-state index contributed by atoms with van der Waals surface area (Å²) >= 11 is 0. The number of nitrogens with zero attached hydrogens (tertiary/aromatic N) is 1.